The fourth-order valence-corrected chi connectivity index (χ4v) is 4.86. The fourth-order valence-electron chi connectivity index (χ4n) is 3.93. The van der Waals surface area contributed by atoms with Crippen molar-refractivity contribution in [2.45, 2.75) is 25.4 Å². The van der Waals surface area contributed by atoms with Crippen LogP contribution in [0.15, 0.2) is 84.9 Å². The normalized spacial score (nSPS) is 10.9. The molecule has 0 amide bonds. The Labute approximate surface area is 188 Å². The molecule has 0 aliphatic rings. The molecule has 0 saturated carbocycles. The molecule has 0 fully saturated rings. The van der Waals surface area contributed by atoms with Gasteiger partial charge in [-0.3, -0.25) is 0 Å². The van der Waals surface area contributed by atoms with E-state index in [1.807, 2.05) is 48.2 Å². The zero-order valence-corrected chi connectivity index (χ0v) is 18.6. The maximum atomic E-state index is 10.1. The van der Waals surface area contributed by atoms with Crippen LogP contribution < -0.4 is 0 Å². The van der Waals surface area contributed by atoms with Crippen LogP contribution in [-0.4, -0.2) is 10.2 Å². The van der Waals surface area contributed by atoms with Crippen molar-refractivity contribution in [3.63, 3.8) is 0 Å². The minimum atomic E-state index is 0.315. The number of benzene rings is 4. The lowest BCUT2D eigenvalue weighted by atomic mass is 9.98. The van der Waals surface area contributed by atoms with E-state index < -0.39 is 0 Å². The van der Waals surface area contributed by atoms with E-state index in [-0.39, 0.29) is 0 Å². The quantitative estimate of drug-likeness (QED) is 0.336. The number of para-hydroxylation sites is 2. The molecule has 2 nitrogen and oxygen atoms in total. The smallest absolute Gasteiger partial charge is 0.123 e. The highest BCUT2D eigenvalue weighted by Gasteiger charge is 2.09. The lowest BCUT2D eigenvalue weighted by molar-refractivity contribution is 0.477. The maximum absolute atomic E-state index is 10.1. The van der Waals surface area contributed by atoms with E-state index in [0.717, 1.165) is 33.8 Å². The molecule has 156 valence electrons. The highest BCUT2D eigenvalue weighted by molar-refractivity contribution is 7.97. The minimum absolute atomic E-state index is 0.315. The first kappa shape index (κ1) is 21.1. The van der Waals surface area contributed by atoms with Crippen LogP contribution in [0.1, 0.15) is 22.3 Å². The van der Waals surface area contributed by atoms with Crippen LogP contribution in [0.25, 0.3) is 22.3 Å². The van der Waals surface area contributed by atoms with Crippen molar-refractivity contribution >= 4 is 11.8 Å². The largest absolute Gasteiger partial charge is 0.507 e. The summed E-state index contributed by atoms with van der Waals surface area (Å²) in [5.41, 5.74) is 8.79. The van der Waals surface area contributed by atoms with E-state index >= 15 is 0 Å². The van der Waals surface area contributed by atoms with Gasteiger partial charge in [0.2, 0.25) is 0 Å². The molecule has 0 aromatic heterocycles. The van der Waals surface area contributed by atoms with Gasteiger partial charge in [-0.25, -0.2) is 0 Å². The van der Waals surface area contributed by atoms with E-state index in [9.17, 15) is 10.2 Å². The predicted molar refractivity (Wildman–Crippen MR) is 132 cm³/mol. The van der Waals surface area contributed by atoms with Crippen LogP contribution in [0.2, 0.25) is 0 Å². The van der Waals surface area contributed by atoms with Gasteiger partial charge in [0.25, 0.3) is 0 Å². The second kappa shape index (κ2) is 9.32. The molecule has 0 aliphatic heterocycles. The van der Waals surface area contributed by atoms with Crippen LogP contribution in [0.5, 0.6) is 11.5 Å². The molecule has 0 bridgehead atoms. The summed E-state index contributed by atoms with van der Waals surface area (Å²) < 4.78 is 0. The summed E-state index contributed by atoms with van der Waals surface area (Å²) in [6, 6.07) is 27.9. The average molecular weight is 427 g/mol. The summed E-state index contributed by atoms with van der Waals surface area (Å²) in [7, 11) is 0. The van der Waals surface area contributed by atoms with Crippen molar-refractivity contribution in [3.8, 4) is 33.8 Å². The predicted octanol–water partition coefficient (Wildman–Crippen LogP) is 7.48. The van der Waals surface area contributed by atoms with E-state index in [0.29, 0.717) is 11.5 Å². The third-order valence-corrected chi connectivity index (χ3v) is 6.58. The third kappa shape index (κ3) is 4.78. The van der Waals surface area contributed by atoms with Crippen LogP contribution in [-0.2, 0) is 11.5 Å². The Bertz CT molecular complexity index is 1120. The second-order valence-electron chi connectivity index (χ2n) is 7.83. The average Bonchev–Trinajstić information content (AvgIpc) is 2.76. The Balaban J connectivity index is 1.42. The van der Waals surface area contributed by atoms with Gasteiger partial charge < -0.3 is 10.2 Å². The number of hydrogen-bond acceptors (Lipinski definition) is 3. The zero-order chi connectivity index (χ0) is 21.8. The van der Waals surface area contributed by atoms with Crippen molar-refractivity contribution in [2.75, 3.05) is 0 Å². The van der Waals surface area contributed by atoms with E-state index in [1.54, 1.807) is 12.1 Å². The summed E-state index contributed by atoms with van der Waals surface area (Å²) in [6.45, 7) is 4.19. The third-order valence-electron chi connectivity index (χ3n) is 5.51. The van der Waals surface area contributed by atoms with Crippen LogP contribution in [0, 0.1) is 13.8 Å². The molecule has 0 radical (unpaired) electrons. The monoisotopic (exact) mass is 426 g/mol. The van der Waals surface area contributed by atoms with Gasteiger partial charge in [-0.2, -0.15) is 11.8 Å². The second-order valence-corrected chi connectivity index (χ2v) is 8.81. The van der Waals surface area contributed by atoms with Gasteiger partial charge in [-0.1, -0.05) is 72.8 Å². The number of phenols is 2. The van der Waals surface area contributed by atoms with Gasteiger partial charge in [0.05, 0.1) is 0 Å². The molecule has 3 heteroatoms. The van der Waals surface area contributed by atoms with Gasteiger partial charge in [0.15, 0.2) is 0 Å². The summed E-state index contributed by atoms with van der Waals surface area (Å²) in [5, 5.41) is 20.3. The molecular weight excluding hydrogens is 400 g/mol. The molecule has 0 heterocycles. The molecule has 31 heavy (non-hydrogen) atoms. The SMILES string of the molecule is Cc1cc(CSCc2ccc(-c3ccccc3O)c(C)c2)ccc1-c1ccccc1O. The number of aryl methyl sites for hydroxylation is 2. The summed E-state index contributed by atoms with van der Waals surface area (Å²) in [5.74, 6) is 2.50. The van der Waals surface area contributed by atoms with Gasteiger partial charge in [-0.15, -0.1) is 0 Å². The van der Waals surface area contributed by atoms with Crippen molar-refractivity contribution in [1.29, 1.82) is 0 Å². The van der Waals surface area contributed by atoms with Crippen molar-refractivity contribution in [2.24, 2.45) is 0 Å². The van der Waals surface area contributed by atoms with Gasteiger partial charge in [-0.05, 0) is 59.4 Å². The van der Waals surface area contributed by atoms with Gasteiger partial charge in [0, 0.05) is 22.6 Å². The van der Waals surface area contributed by atoms with Gasteiger partial charge in [0.1, 0.15) is 11.5 Å². The number of rotatable bonds is 6. The van der Waals surface area contributed by atoms with Crippen molar-refractivity contribution in [3.05, 3.63) is 107 Å². The number of aromatic hydroxyl groups is 2. The highest BCUT2D eigenvalue weighted by atomic mass is 32.2. The molecule has 0 atom stereocenters. The number of phenolic OH excluding ortho intramolecular Hbond substituents is 2. The Morgan fingerprint density at radius 1 is 0.548 bits per heavy atom. The summed E-state index contributed by atoms with van der Waals surface area (Å²) in [4.78, 5) is 0. The molecule has 4 rings (SSSR count). The van der Waals surface area contributed by atoms with Gasteiger partial charge >= 0.3 is 0 Å². The molecule has 0 spiro atoms. The van der Waals surface area contributed by atoms with Crippen LogP contribution in [0.3, 0.4) is 0 Å². The highest BCUT2D eigenvalue weighted by Crippen LogP contribution is 2.34. The molecule has 4 aromatic rings. The van der Waals surface area contributed by atoms with E-state index in [4.69, 9.17) is 0 Å². The van der Waals surface area contributed by atoms with E-state index in [1.165, 1.54) is 22.3 Å². The molecule has 2 N–H and O–H groups in total. The first-order valence-corrected chi connectivity index (χ1v) is 11.5. The van der Waals surface area contributed by atoms with Crippen molar-refractivity contribution < 1.29 is 10.2 Å². The van der Waals surface area contributed by atoms with Crippen molar-refractivity contribution in [1.82, 2.24) is 0 Å². The lowest BCUT2D eigenvalue weighted by Crippen LogP contribution is -1.90. The molecule has 0 unspecified atom stereocenters. The Hall–Kier alpha value is -3.17. The zero-order valence-electron chi connectivity index (χ0n) is 17.8. The Morgan fingerprint density at radius 3 is 1.35 bits per heavy atom. The van der Waals surface area contributed by atoms with Crippen LogP contribution >= 0.6 is 11.8 Å². The first-order valence-electron chi connectivity index (χ1n) is 10.4. The maximum Gasteiger partial charge on any atom is 0.123 e. The Kier molecular flexibility index (Phi) is 6.34. The van der Waals surface area contributed by atoms with Crippen LogP contribution in [0.4, 0.5) is 0 Å². The first-order chi connectivity index (χ1) is 15.0. The van der Waals surface area contributed by atoms with E-state index in [2.05, 4.69) is 50.2 Å². The molecule has 4 aromatic carbocycles. The minimum Gasteiger partial charge on any atom is -0.507 e. The molecule has 0 saturated heterocycles. The summed E-state index contributed by atoms with van der Waals surface area (Å²) >= 11 is 1.89. The number of thioether (sulfide) groups is 1. The molecule has 0 aliphatic carbocycles. The standard InChI is InChI=1S/C28H26O2S/c1-19-15-21(11-13-23(19)25-7-3-5-9-27(25)29)17-31-18-22-12-14-24(20(2)16-22)26-8-4-6-10-28(26)30/h3-16,29-30H,17-18H2,1-2H3. The summed E-state index contributed by atoms with van der Waals surface area (Å²) in [6.07, 6.45) is 0. The lowest BCUT2D eigenvalue weighted by Gasteiger charge is -2.12. The molecular formula is C28H26O2S. The fraction of sp³-hybridized carbons (Fsp3) is 0.143. The number of hydrogen-bond donors (Lipinski definition) is 2. The Morgan fingerprint density at radius 2 is 0.968 bits per heavy atom. The topological polar surface area (TPSA) is 40.5 Å².